The third-order valence-electron chi connectivity index (χ3n) is 5.62. The lowest BCUT2D eigenvalue weighted by molar-refractivity contribution is 0.119. The van der Waals surface area contributed by atoms with E-state index in [9.17, 15) is 9.13 Å². The highest BCUT2D eigenvalue weighted by Gasteiger charge is 2.19. The third kappa shape index (κ3) is 23.4. The second-order valence-corrected chi connectivity index (χ2v) is 13.5. The fourth-order valence-corrected chi connectivity index (χ4v) is 4.48. The number of unbranched alkanes of at least 4 members (excludes halogenated alkanes) is 3. The molecule has 3 N–H and O–H groups in total. The Hall–Kier alpha value is 0.220. The maximum absolute atomic E-state index is 11.1. The molecule has 1 unspecified atom stereocenters. The summed E-state index contributed by atoms with van der Waals surface area (Å²) < 4.78 is 36.9. The molecule has 0 radical (unpaired) electrons. The van der Waals surface area contributed by atoms with Gasteiger partial charge in [-0.3, -0.25) is 9.09 Å². The molecule has 0 fully saturated rings. The van der Waals surface area contributed by atoms with Gasteiger partial charge in [-0.05, 0) is 62.2 Å². The number of rotatable bonds is 21. The van der Waals surface area contributed by atoms with Gasteiger partial charge in [-0.1, -0.05) is 47.0 Å². The highest BCUT2D eigenvalue weighted by Crippen LogP contribution is 2.38. The minimum Gasteiger partial charge on any atom is -0.381 e. The van der Waals surface area contributed by atoms with Crippen molar-refractivity contribution in [2.75, 3.05) is 33.1 Å². The molecule has 1 atom stereocenters. The predicted molar refractivity (Wildman–Crippen MR) is 129 cm³/mol. The molecule has 0 saturated carbocycles. The quantitative estimate of drug-likeness (QED) is 0.124. The van der Waals surface area contributed by atoms with Crippen molar-refractivity contribution in [1.29, 1.82) is 0 Å². The number of ether oxygens (including phenoxy) is 1. The molecule has 0 aliphatic rings. The molecule has 0 saturated heterocycles. The molecule has 0 aromatic heterocycles. The van der Waals surface area contributed by atoms with Crippen LogP contribution in [0.3, 0.4) is 0 Å². The van der Waals surface area contributed by atoms with Crippen molar-refractivity contribution in [2.24, 2.45) is 10.8 Å². The number of hydrogen-bond acceptors (Lipinski definition) is 5. The predicted octanol–water partition coefficient (Wildman–Crippen LogP) is 6.29. The zero-order valence-corrected chi connectivity index (χ0v) is 22.7. The molecule has 0 aliphatic heterocycles. The Balaban J connectivity index is 3.62. The Bertz CT molecular complexity index is 568. The molecular weight excluding hydrogens is 454 g/mol. The Kier molecular flexibility index (Phi) is 16.1. The number of phosphoric acid groups is 1. The normalized spacial score (nSPS) is 15.1. The molecule has 0 rings (SSSR count). The first kappa shape index (κ1) is 32.2. The summed E-state index contributed by atoms with van der Waals surface area (Å²) in [5, 5.41) is 0. The van der Waals surface area contributed by atoms with Crippen molar-refractivity contribution >= 4 is 15.4 Å². The SMILES string of the molecule is CC(C)(CCCCOCCCCC(C)(C)CCCOP(C)(=O)O)CCCCOP(=O)(O)O. The summed E-state index contributed by atoms with van der Waals surface area (Å²) in [4.78, 5) is 26.5. The average Bonchev–Trinajstić information content (AvgIpc) is 2.62. The number of phosphoric ester groups is 1. The van der Waals surface area contributed by atoms with Crippen LogP contribution in [0.1, 0.15) is 98.3 Å². The lowest BCUT2D eigenvalue weighted by Crippen LogP contribution is -2.13. The molecular formula is C22H48O8P2. The second-order valence-electron chi connectivity index (χ2n) is 10.4. The average molecular weight is 503 g/mol. The van der Waals surface area contributed by atoms with Crippen molar-refractivity contribution in [3.05, 3.63) is 0 Å². The van der Waals surface area contributed by atoms with Crippen molar-refractivity contribution in [3.8, 4) is 0 Å². The van der Waals surface area contributed by atoms with Gasteiger partial charge < -0.3 is 23.9 Å². The Morgan fingerprint density at radius 1 is 0.594 bits per heavy atom. The Morgan fingerprint density at radius 2 is 0.969 bits per heavy atom. The van der Waals surface area contributed by atoms with E-state index in [0.29, 0.717) is 13.0 Å². The molecule has 194 valence electrons. The van der Waals surface area contributed by atoms with Crippen molar-refractivity contribution < 1.29 is 37.6 Å². The van der Waals surface area contributed by atoms with Gasteiger partial charge in [0, 0.05) is 19.9 Å². The molecule has 8 nitrogen and oxygen atoms in total. The highest BCUT2D eigenvalue weighted by atomic mass is 31.2. The maximum atomic E-state index is 11.1. The minimum absolute atomic E-state index is 0.103. The fraction of sp³-hybridized carbons (Fsp3) is 1.00. The van der Waals surface area contributed by atoms with Gasteiger partial charge in [-0.25, -0.2) is 4.57 Å². The van der Waals surface area contributed by atoms with Gasteiger partial charge in [-0.15, -0.1) is 0 Å². The van der Waals surface area contributed by atoms with E-state index >= 15 is 0 Å². The van der Waals surface area contributed by atoms with Crippen LogP contribution in [0.5, 0.6) is 0 Å². The molecule has 0 aliphatic carbocycles. The van der Waals surface area contributed by atoms with E-state index in [1.54, 1.807) is 0 Å². The van der Waals surface area contributed by atoms with Gasteiger partial charge in [0.15, 0.2) is 0 Å². The standard InChI is InChI=1S/C22H48O8P2/c1-21(2,15-8-11-19-30-32(25,26)27)13-6-9-17-28-18-10-7-14-22(3,4)16-12-20-29-31(5,23)24/h6-20H2,1-5H3,(H,23,24)(H2,25,26,27). The third-order valence-corrected chi connectivity index (χ3v) is 6.80. The summed E-state index contributed by atoms with van der Waals surface area (Å²) in [5.74, 6) is 0. The van der Waals surface area contributed by atoms with E-state index in [1.165, 1.54) is 6.66 Å². The maximum Gasteiger partial charge on any atom is 0.469 e. The smallest absolute Gasteiger partial charge is 0.381 e. The van der Waals surface area contributed by atoms with E-state index < -0.39 is 15.4 Å². The molecule has 32 heavy (non-hydrogen) atoms. The van der Waals surface area contributed by atoms with Crippen LogP contribution in [0, 0.1) is 10.8 Å². The van der Waals surface area contributed by atoms with E-state index in [-0.39, 0.29) is 17.4 Å². The van der Waals surface area contributed by atoms with Crippen LogP contribution in [0.15, 0.2) is 0 Å². The van der Waals surface area contributed by atoms with Gasteiger partial charge in [0.2, 0.25) is 0 Å². The summed E-state index contributed by atoms with van der Waals surface area (Å²) in [5.41, 5.74) is 0.411. The lowest BCUT2D eigenvalue weighted by Gasteiger charge is -2.25. The summed E-state index contributed by atoms with van der Waals surface area (Å²) >= 11 is 0. The molecule has 0 amide bonds. The van der Waals surface area contributed by atoms with Crippen LogP contribution in [0.2, 0.25) is 0 Å². The van der Waals surface area contributed by atoms with Gasteiger partial charge in [0.25, 0.3) is 0 Å². The second kappa shape index (κ2) is 16.0. The van der Waals surface area contributed by atoms with Crippen LogP contribution in [0.25, 0.3) is 0 Å². The van der Waals surface area contributed by atoms with Gasteiger partial charge in [-0.2, -0.15) is 0 Å². The van der Waals surface area contributed by atoms with Crippen molar-refractivity contribution in [3.63, 3.8) is 0 Å². The number of hydrogen-bond donors (Lipinski definition) is 3. The summed E-state index contributed by atoms with van der Waals surface area (Å²) in [6.45, 7) is 12.1. The zero-order valence-electron chi connectivity index (χ0n) is 20.9. The van der Waals surface area contributed by atoms with Gasteiger partial charge >= 0.3 is 15.4 Å². The summed E-state index contributed by atoms with van der Waals surface area (Å²) in [6, 6.07) is 0. The first-order valence-electron chi connectivity index (χ1n) is 11.8. The molecule has 0 heterocycles. The molecule has 0 bridgehead atoms. The van der Waals surface area contributed by atoms with Crippen LogP contribution in [0.4, 0.5) is 0 Å². The van der Waals surface area contributed by atoms with Crippen molar-refractivity contribution in [1.82, 2.24) is 0 Å². The lowest BCUT2D eigenvalue weighted by atomic mass is 9.82. The minimum atomic E-state index is -4.34. The zero-order chi connectivity index (χ0) is 24.7. The van der Waals surface area contributed by atoms with Crippen LogP contribution in [-0.2, 0) is 22.9 Å². The molecule has 0 aromatic rings. The van der Waals surface area contributed by atoms with Crippen LogP contribution >= 0.6 is 15.4 Å². The van der Waals surface area contributed by atoms with Gasteiger partial charge in [0.1, 0.15) is 0 Å². The topological polar surface area (TPSA) is 123 Å². The summed E-state index contributed by atoms with van der Waals surface area (Å²) in [6.07, 6.45) is 10.9. The first-order valence-corrected chi connectivity index (χ1v) is 15.4. The van der Waals surface area contributed by atoms with Crippen LogP contribution < -0.4 is 0 Å². The Morgan fingerprint density at radius 3 is 1.38 bits per heavy atom. The van der Waals surface area contributed by atoms with E-state index in [2.05, 4.69) is 32.2 Å². The van der Waals surface area contributed by atoms with Crippen LogP contribution in [-0.4, -0.2) is 47.8 Å². The summed E-state index contributed by atoms with van der Waals surface area (Å²) in [7, 11) is -7.69. The Labute approximate surface area is 195 Å². The monoisotopic (exact) mass is 502 g/mol. The van der Waals surface area contributed by atoms with E-state index in [4.69, 9.17) is 23.9 Å². The first-order chi connectivity index (χ1) is 14.6. The molecule has 0 aromatic carbocycles. The van der Waals surface area contributed by atoms with Gasteiger partial charge in [0.05, 0.1) is 13.2 Å². The van der Waals surface area contributed by atoms with Crippen molar-refractivity contribution in [2.45, 2.75) is 98.3 Å². The van der Waals surface area contributed by atoms with E-state index in [0.717, 1.165) is 77.4 Å². The largest absolute Gasteiger partial charge is 0.469 e. The molecule has 10 heteroatoms. The fourth-order valence-electron chi connectivity index (χ4n) is 3.64. The highest BCUT2D eigenvalue weighted by molar-refractivity contribution is 7.51. The molecule has 0 spiro atoms. The van der Waals surface area contributed by atoms with E-state index in [1.807, 2.05) is 0 Å².